The summed E-state index contributed by atoms with van der Waals surface area (Å²) in [7, 11) is -3.54. The topological polar surface area (TPSA) is 75.5 Å². The number of benzene rings is 2. The Kier molecular flexibility index (Phi) is 6.43. The third-order valence-corrected chi connectivity index (χ3v) is 7.47. The van der Waals surface area contributed by atoms with Gasteiger partial charge in [-0.05, 0) is 48.2 Å². The molecule has 2 heterocycles. The number of anilines is 1. The van der Waals surface area contributed by atoms with Crippen LogP contribution in [0.4, 0.5) is 5.82 Å². The van der Waals surface area contributed by atoms with Crippen molar-refractivity contribution in [3.63, 3.8) is 0 Å². The van der Waals surface area contributed by atoms with E-state index in [4.69, 9.17) is 0 Å². The molecule has 0 aliphatic carbocycles. The van der Waals surface area contributed by atoms with Crippen LogP contribution in [0.15, 0.2) is 76.4 Å². The highest BCUT2D eigenvalue weighted by Crippen LogP contribution is 2.21. The monoisotopic (exact) mass is 452 g/mol. The van der Waals surface area contributed by atoms with Crippen LogP contribution in [-0.4, -0.2) is 48.7 Å². The maximum atomic E-state index is 13.1. The quantitative estimate of drug-likeness (QED) is 0.575. The summed E-state index contributed by atoms with van der Waals surface area (Å²) in [6.07, 6.45) is 0.928. The maximum Gasteiger partial charge on any atom is 0.271 e. The minimum absolute atomic E-state index is 0.206. The second-order valence-electron chi connectivity index (χ2n) is 8.41. The van der Waals surface area contributed by atoms with Crippen molar-refractivity contribution in [2.45, 2.75) is 25.2 Å². The molecule has 32 heavy (non-hydrogen) atoms. The van der Waals surface area contributed by atoms with Gasteiger partial charge in [0.2, 0.25) is 10.0 Å². The lowest BCUT2D eigenvalue weighted by atomic mass is 10.0. The van der Waals surface area contributed by atoms with Gasteiger partial charge in [-0.2, -0.15) is 8.99 Å². The molecule has 0 spiro atoms. The van der Waals surface area contributed by atoms with E-state index < -0.39 is 10.0 Å². The van der Waals surface area contributed by atoms with E-state index in [1.165, 1.54) is 15.1 Å². The number of para-hydroxylation sites is 1. The first-order valence-electron chi connectivity index (χ1n) is 10.8. The van der Waals surface area contributed by atoms with E-state index in [1.807, 2.05) is 47.4 Å². The average molecular weight is 453 g/mol. The Morgan fingerprint density at radius 2 is 1.53 bits per heavy atom. The van der Waals surface area contributed by atoms with E-state index in [9.17, 15) is 13.2 Å². The van der Waals surface area contributed by atoms with E-state index in [0.29, 0.717) is 48.5 Å². The van der Waals surface area contributed by atoms with Crippen LogP contribution in [0.2, 0.25) is 0 Å². The SMILES string of the molecule is CC(C)Cc1ccc(S(=O)(=O)N2CCN(c3ccc(=O)n(-c4ccccc4)n3)CC2)cc1. The van der Waals surface area contributed by atoms with Gasteiger partial charge in [0, 0.05) is 32.2 Å². The Hall–Kier alpha value is -2.97. The van der Waals surface area contributed by atoms with Crippen molar-refractivity contribution < 1.29 is 8.42 Å². The van der Waals surface area contributed by atoms with Crippen LogP contribution in [0.3, 0.4) is 0 Å². The fourth-order valence-corrected chi connectivity index (χ4v) is 5.32. The molecule has 0 saturated carbocycles. The molecule has 0 N–H and O–H groups in total. The number of piperazine rings is 1. The molecule has 0 unspecified atom stereocenters. The first-order chi connectivity index (χ1) is 15.3. The van der Waals surface area contributed by atoms with Crippen LogP contribution in [0.1, 0.15) is 19.4 Å². The summed E-state index contributed by atoms with van der Waals surface area (Å²) in [6.45, 7) is 6.02. The van der Waals surface area contributed by atoms with Crippen molar-refractivity contribution in [2.24, 2.45) is 5.92 Å². The zero-order chi connectivity index (χ0) is 22.7. The van der Waals surface area contributed by atoms with E-state index in [-0.39, 0.29) is 5.56 Å². The molecule has 8 heteroatoms. The van der Waals surface area contributed by atoms with Crippen LogP contribution < -0.4 is 10.5 Å². The van der Waals surface area contributed by atoms with Crippen molar-refractivity contribution in [1.29, 1.82) is 0 Å². The molecule has 2 aromatic carbocycles. The van der Waals surface area contributed by atoms with E-state index >= 15 is 0 Å². The molecule has 1 aliphatic heterocycles. The highest BCUT2D eigenvalue weighted by atomic mass is 32.2. The normalized spacial score (nSPS) is 15.3. The van der Waals surface area contributed by atoms with Gasteiger partial charge in [-0.1, -0.05) is 44.2 Å². The molecule has 0 amide bonds. The van der Waals surface area contributed by atoms with Crippen LogP contribution in [0.25, 0.3) is 5.69 Å². The molecular formula is C24H28N4O3S. The molecule has 0 atom stereocenters. The molecule has 0 bridgehead atoms. The molecule has 1 aliphatic rings. The van der Waals surface area contributed by atoms with Crippen LogP contribution in [0, 0.1) is 5.92 Å². The summed E-state index contributed by atoms with van der Waals surface area (Å²) in [5.74, 6) is 1.18. The fraction of sp³-hybridized carbons (Fsp3) is 0.333. The van der Waals surface area contributed by atoms with Crippen LogP contribution in [-0.2, 0) is 16.4 Å². The van der Waals surface area contributed by atoms with Gasteiger partial charge >= 0.3 is 0 Å². The number of nitrogens with zero attached hydrogens (tertiary/aromatic N) is 4. The van der Waals surface area contributed by atoms with E-state index in [2.05, 4.69) is 18.9 Å². The maximum absolute atomic E-state index is 13.1. The number of aromatic nitrogens is 2. The van der Waals surface area contributed by atoms with Crippen LogP contribution in [0.5, 0.6) is 0 Å². The summed E-state index contributed by atoms with van der Waals surface area (Å²) < 4.78 is 29.1. The Labute approximate surface area is 189 Å². The van der Waals surface area contributed by atoms with Crippen molar-refractivity contribution in [3.8, 4) is 5.69 Å². The molecule has 1 aromatic heterocycles. The van der Waals surface area contributed by atoms with Crippen molar-refractivity contribution >= 4 is 15.8 Å². The first kappa shape index (κ1) is 22.2. The van der Waals surface area contributed by atoms with Crippen molar-refractivity contribution in [1.82, 2.24) is 14.1 Å². The van der Waals surface area contributed by atoms with Crippen molar-refractivity contribution in [3.05, 3.63) is 82.6 Å². The molecular weight excluding hydrogens is 424 g/mol. The summed E-state index contributed by atoms with van der Waals surface area (Å²) in [5.41, 5.74) is 1.63. The summed E-state index contributed by atoms with van der Waals surface area (Å²) in [5, 5.41) is 4.51. The summed E-state index contributed by atoms with van der Waals surface area (Å²) in [4.78, 5) is 14.6. The zero-order valence-corrected chi connectivity index (χ0v) is 19.2. The van der Waals surface area contributed by atoms with Gasteiger partial charge in [-0.25, -0.2) is 8.42 Å². The largest absolute Gasteiger partial charge is 0.353 e. The lowest BCUT2D eigenvalue weighted by Gasteiger charge is -2.34. The van der Waals surface area contributed by atoms with Gasteiger partial charge in [0.15, 0.2) is 0 Å². The van der Waals surface area contributed by atoms with Gasteiger partial charge in [-0.3, -0.25) is 4.79 Å². The molecule has 3 aromatic rings. The van der Waals surface area contributed by atoms with E-state index in [0.717, 1.165) is 12.0 Å². The number of hydrogen-bond donors (Lipinski definition) is 0. The summed E-state index contributed by atoms with van der Waals surface area (Å²) in [6, 6.07) is 19.7. The average Bonchev–Trinajstić information content (AvgIpc) is 2.80. The Balaban J connectivity index is 1.47. The van der Waals surface area contributed by atoms with Crippen LogP contribution >= 0.6 is 0 Å². The van der Waals surface area contributed by atoms with Gasteiger partial charge in [0.05, 0.1) is 10.6 Å². The second-order valence-corrected chi connectivity index (χ2v) is 10.3. The predicted octanol–water partition coefficient (Wildman–Crippen LogP) is 2.94. The number of hydrogen-bond acceptors (Lipinski definition) is 5. The highest BCUT2D eigenvalue weighted by molar-refractivity contribution is 7.89. The Morgan fingerprint density at radius 3 is 2.16 bits per heavy atom. The summed E-state index contributed by atoms with van der Waals surface area (Å²) >= 11 is 0. The van der Waals surface area contributed by atoms with Gasteiger partial charge in [0.1, 0.15) is 5.82 Å². The van der Waals surface area contributed by atoms with E-state index in [1.54, 1.807) is 18.2 Å². The lowest BCUT2D eigenvalue weighted by molar-refractivity contribution is 0.383. The minimum atomic E-state index is -3.54. The molecule has 7 nitrogen and oxygen atoms in total. The highest BCUT2D eigenvalue weighted by Gasteiger charge is 2.29. The van der Waals surface area contributed by atoms with Gasteiger partial charge in [0.25, 0.3) is 5.56 Å². The van der Waals surface area contributed by atoms with Gasteiger partial charge < -0.3 is 4.90 Å². The zero-order valence-electron chi connectivity index (χ0n) is 18.4. The third kappa shape index (κ3) is 4.76. The smallest absolute Gasteiger partial charge is 0.271 e. The second kappa shape index (κ2) is 9.26. The Bertz CT molecular complexity index is 1210. The number of sulfonamides is 1. The minimum Gasteiger partial charge on any atom is -0.353 e. The lowest BCUT2D eigenvalue weighted by Crippen LogP contribution is -2.49. The molecule has 1 fully saturated rings. The molecule has 1 saturated heterocycles. The molecule has 168 valence electrons. The first-order valence-corrected chi connectivity index (χ1v) is 12.3. The molecule has 4 rings (SSSR count). The Morgan fingerprint density at radius 1 is 0.875 bits per heavy atom. The fourth-order valence-electron chi connectivity index (χ4n) is 3.90. The predicted molar refractivity (Wildman–Crippen MR) is 126 cm³/mol. The van der Waals surface area contributed by atoms with Gasteiger partial charge in [-0.15, -0.1) is 5.10 Å². The third-order valence-electron chi connectivity index (χ3n) is 5.55. The van der Waals surface area contributed by atoms with Crippen molar-refractivity contribution in [2.75, 3.05) is 31.1 Å². The molecule has 0 radical (unpaired) electrons. The number of rotatable bonds is 6. The standard InChI is InChI=1S/C24H28N4O3S/c1-19(2)18-20-8-10-22(11-9-20)32(30,31)27-16-14-26(15-17-27)23-12-13-24(29)28(25-23)21-6-4-3-5-7-21/h3-13,19H,14-18H2,1-2H3.